The van der Waals surface area contributed by atoms with E-state index >= 15 is 0 Å². The molecule has 1 heterocycles. The fourth-order valence-electron chi connectivity index (χ4n) is 2.54. The molecule has 0 fully saturated rings. The molecular weight excluding hydrogens is 264 g/mol. The molecule has 1 atom stereocenters. The van der Waals surface area contributed by atoms with Crippen molar-refractivity contribution in [2.75, 3.05) is 6.54 Å². The van der Waals surface area contributed by atoms with Gasteiger partial charge in [-0.3, -0.25) is 4.99 Å². The summed E-state index contributed by atoms with van der Waals surface area (Å²) in [5, 5.41) is 22.3. The number of amidine groups is 1. The summed E-state index contributed by atoms with van der Waals surface area (Å²) in [6, 6.07) is 15.6. The molecule has 0 saturated heterocycles. The molecule has 0 radical (unpaired) electrons. The maximum absolute atomic E-state index is 9.51. The first kappa shape index (κ1) is 13.5. The van der Waals surface area contributed by atoms with Crippen LogP contribution in [0.25, 0.3) is 0 Å². The molecular formula is C17H18N2O2. The van der Waals surface area contributed by atoms with Crippen molar-refractivity contribution in [3.8, 4) is 11.5 Å². The number of phenols is 2. The second-order valence-corrected chi connectivity index (χ2v) is 5.32. The van der Waals surface area contributed by atoms with Gasteiger partial charge in [0.15, 0.2) is 11.5 Å². The van der Waals surface area contributed by atoms with Gasteiger partial charge in [0.2, 0.25) is 0 Å². The summed E-state index contributed by atoms with van der Waals surface area (Å²) < 4.78 is 0. The molecule has 1 aliphatic rings. The highest BCUT2D eigenvalue weighted by atomic mass is 16.3. The van der Waals surface area contributed by atoms with Crippen molar-refractivity contribution in [2.45, 2.75) is 18.9 Å². The van der Waals surface area contributed by atoms with Gasteiger partial charge in [0, 0.05) is 6.42 Å². The SMILES string of the molecule is Oc1ccc(CC2=NC[C@@H](Cc3ccccc3)N2)cc1O. The van der Waals surface area contributed by atoms with Gasteiger partial charge in [-0.1, -0.05) is 36.4 Å². The van der Waals surface area contributed by atoms with Crippen LogP contribution in [0, 0.1) is 0 Å². The minimum Gasteiger partial charge on any atom is -0.504 e. The molecule has 1 aliphatic heterocycles. The first-order valence-electron chi connectivity index (χ1n) is 7.05. The van der Waals surface area contributed by atoms with Crippen LogP contribution in [0.5, 0.6) is 11.5 Å². The Balaban J connectivity index is 1.58. The number of aliphatic imine (C=N–C) groups is 1. The van der Waals surface area contributed by atoms with E-state index in [0.717, 1.165) is 24.4 Å². The van der Waals surface area contributed by atoms with Gasteiger partial charge < -0.3 is 15.5 Å². The van der Waals surface area contributed by atoms with Crippen molar-refractivity contribution in [1.29, 1.82) is 0 Å². The standard InChI is InChI=1S/C17H18N2O2/c20-15-7-6-13(9-16(15)21)10-17-18-11-14(19-17)8-12-4-2-1-3-5-12/h1-7,9,14,20-21H,8,10-11H2,(H,18,19)/t14-/m1/s1. The Kier molecular flexibility index (Phi) is 3.77. The third kappa shape index (κ3) is 3.34. The maximum Gasteiger partial charge on any atom is 0.157 e. The normalized spacial score (nSPS) is 17.3. The second-order valence-electron chi connectivity index (χ2n) is 5.32. The van der Waals surface area contributed by atoms with Gasteiger partial charge in [-0.05, 0) is 29.7 Å². The van der Waals surface area contributed by atoms with E-state index < -0.39 is 0 Å². The highest BCUT2D eigenvalue weighted by Crippen LogP contribution is 2.25. The fourth-order valence-corrected chi connectivity index (χ4v) is 2.54. The zero-order chi connectivity index (χ0) is 14.7. The highest BCUT2D eigenvalue weighted by molar-refractivity contribution is 5.86. The van der Waals surface area contributed by atoms with E-state index in [2.05, 4.69) is 22.4 Å². The van der Waals surface area contributed by atoms with Crippen molar-refractivity contribution >= 4 is 5.84 Å². The van der Waals surface area contributed by atoms with Gasteiger partial charge in [0.05, 0.1) is 12.6 Å². The largest absolute Gasteiger partial charge is 0.504 e. The minimum atomic E-state index is -0.0953. The van der Waals surface area contributed by atoms with Crippen molar-refractivity contribution in [3.63, 3.8) is 0 Å². The van der Waals surface area contributed by atoms with Crippen molar-refractivity contribution in [2.24, 2.45) is 4.99 Å². The Morgan fingerprint density at radius 1 is 1.00 bits per heavy atom. The number of aromatic hydroxyl groups is 2. The number of nitrogens with one attached hydrogen (secondary N) is 1. The van der Waals surface area contributed by atoms with Crippen molar-refractivity contribution in [3.05, 3.63) is 59.7 Å². The third-order valence-electron chi connectivity index (χ3n) is 3.61. The summed E-state index contributed by atoms with van der Waals surface area (Å²) in [4.78, 5) is 4.52. The molecule has 2 aromatic carbocycles. The predicted octanol–water partition coefficient (Wildman–Crippen LogP) is 2.25. The zero-order valence-electron chi connectivity index (χ0n) is 11.7. The molecule has 108 valence electrons. The van der Waals surface area contributed by atoms with Gasteiger partial charge in [0.1, 0.15) is 5.84 Å². The van der Waals surface area contributed by atoms with Crippen LogP contribution in [-0.4, -0.2) is 28.6 Å². The summed E-state index contributed by atoms with van der Waals surface area (Å²) >= 11 is 0. The van der Waals surface area contributed by atoms with E-state index in [-0.39, 0.29) is 11.5 Å². The smallest absolute Gasteiger partial charge is 0.157 e. The van der Waals surface area contributed by atoms with E-state index in [1.54, 1.807) is 12.1 Å². The Morgan fingerprint density at radius 3 is 2.57 bits per heavy atom. The van der Waals surface area contributed by atoms with E-state index in [0.29, 0.717) is 12.5 Å². The van der Waals surface area contributed by atoms with Crippen LogP contribution in [-0.2, 0) is 12.8 Å². The van der Waals surface area contributed by atoms with E-state index in [1.807, 2.05) is 18.2 Å². The molecule has 2 aromatic rings. The lowest BCUT2D eigenvalue weighted by atomic mass is 10.1. The van der Waals surface area contributed by atoms with Crippen LogP contribution in [0.4, 0.5) is 0 Å². The average Bonchev–Trinajstić information content (AvgIpc) is 2.91. The molecule has 21 heavy (non-hydrogen) atoms. The molecule has 3 rings (SSSR count). The fraction of sp³-hybridized carbons (Fsp3) is 0.235. The maximum atomic E-state index is 9.51. The molecule has 0 saturated carbocycles. The first-order valence-corrected chi connectivity index (χ1v) is 7.05. The monoisotopic (exact) mass is 282 g/mol. The number of nitrogens with zero attached hydrogens (tertiary/aromatic N) is 1. The van der Waals surface area contributed by atoms with Crippen molar-refractivity contribution in [1.82, 2.24) is 5.32 Å². The quantitative estimate of drug-likeness (QED) is 0.754. The van der Waals surface area contributed by atoms with Gasteiger partial charge in [-0.2, -0.15) is 0 Å². The van der Waals surface area contributed by atoms with Gasteiger partial charge >= 0.3 is 0 Å². The van der Waals surface area contributed by atoms with Crippen LogP contribution in [0.3, 0.4) is 0 Å². The Labute approximate surface area is 123 Å². The number of benzene rings is 2. The molecule has 0 aromatic heterocycles. The van der Waals surface area contributed by atoms with E-state index in [4.69, 9.17) is 0 Å². The van der Waals surface area contributed by atoms with Crippen LogP contribution < -0.4 is 5.32 Å². The Bertz CT molecular complexity index is 653. The highest BCUT2D eigenvalue weighted by Gasteiger charge is 2.18. The second kappa shape index (κ2) is 5.87. The summed E-state index contributed by atoms with van der Waals surface area (Å²) in [7, 11) is 0. The van der Waals surface area contributed by atoms with Crippen LogP contribution >= 0.6 is 0 Å². The number of hydrogen-bond donors (Lipinski definition) is 3. The summed E-state index contributed by atoms with van der Waals surface area (Å²) in [6.45, 7) is 0.772. The summed E-state index contributed by atoms with van der Waals surface area (Å²) in [5.74, 6) is 0.745. The molecule has 3 N–H and O–H groups in total. The lowest BCUT2D eigenvalue weighted by Gasteiger charge is -2.12. The van der Waals surface area contributed by atoms with E-state index in [1.165, 1.54) is 11.6 Å². The number of rotatable bonds is 4. The van der Waals surface area contributed by atoms with Crippen molar-refractivity contribution < 1.29 is 10.2 Å². The van der Waals surface area contributed by atoms with Gasteiger partial charge in [-0.25, -0.2) is 0 Å². The minimum absolute atomic E-state index is 0.0908. The molecule has 0 bridgehead atoms. The Morgan fingerprint density at radius 2 is 1.81 bits per heavy atom. The first-order chi connectivity index (χ1) is 10.2. The van der Waals surface area contributed by atoms with Gasteiger partial charge in [-0.15, -0.1) is 0 Å². The zero-order valence-corrected chi connectivity index (χ0v) is 11.7. The predicted molar refractivity (Wildman–Crippen MR) is 82.8 cm³/mol. The molecule has 4 nitrogen and oxygen atoms in total. The summed E-state index contributed by atoms with van der Waals surface area (Å²) in [6.07, 6.45) is 1.59. The molecule has 0 unspecified atom stereocenters. The third-order valence-corrected chi connectivity index (χ3v) is 3.61. The lowest BCUT2D eigenvalue weighted by molar-refractivity contribution is 0.403. The van der Waals surface area contributed by atoms with E-state index in [9.17, 15) is 10.2 Å². The van der Waals surface area contributed by atoms with Crippen LogP contribution in [0.15, 0.2) is 53.5 Å². The lowest BCUT2D eigenvalue weighted by Crippen LogP contribution is -2.32. The average molecular weight is 282 g/mol. The number of hydrogen-bond acceptors (Lipinski definition) is 4. The van der Waals surface area contributed by atoms with Crippen LogP contribution in [0.1, 0.15) is 11.1 Å². The Hall–Kier alpha value is -2.49. The summed E-state index contributed by atoms with van der Waals surface area (Å²) in [5.41, 5.74) is 2.23. The van der Waals surface area contributed by atoms with Crippen LogP contribution in [0.2, 0.25) is 0 Å². The molecule has 0 amide bonds. The molecule has 4 heteroatoms. The van der Waals surface area contributed by atoms with Gasteiger partial charge in [0.25, 0.3) is 0 Å². The topological polar surface area (TPSA) is 64.9 Å². The molecule has 0 spiro atoms. The molecule has 0 aliphatic carbocycles. The number of phenolic OH excluding ortho intramolecular Hbond substituents is 2.